The minimum absolute atomic E-state index is 0.162. The molecule has 3 heteroatoms. The fraction of sp³-hybridized carbons (Fsp3) is 0.500. The van der Waals surface area contributed by atoms with Crippen molar-refractivity contribution in [2.45, 2.75) is 12.6 Å². The lowest BCUT2D eigenvalue weighted by atomic mass is 10.4. The lowest BCUT2D eigenvalue weighted by Crippen LogP contribution is -2.30. The van der Waals surface area contributed by atoms with E-state index in [4.69, 9.17) is 10.6 Å². The van der Waals surface area contributed by atoms with Gasteiger partial charge in [-0.3, -0.25) is 10.3 Å². The third-order valence-electron chi connectivity index (χ3n) is 0.774. The minimum atomic E-state index is -0.162. The second kappa shape index (κ2) is 1.95. The van der Waals surface area contributed by atoms with Gasteiger partial charge in [0.05, 0.1) is 0 Å². The summed E-state index contributed by atoms with van der Waals surface area (Å²) in [6, 6.07) is 0. The van der Waals surface area contributed by atoms with Gasteiger partial charge in [-0.2, -0.15) is 0 Å². The first-order chi connectivity index (χ1) is 3.39. The van der Waals surface area contributed by atoms with E-state index in [1.165, 1.54) is 0 Å². The molecule has 1 aliphatic heterocycles. The zero-order valence-electron chi connectivity index (χ0n) is 3.92. The van der Waals surface area contributed by atoms with Crippen molar-refractivity contribution >= 4 is 0 Å². The van der Waals surface area contributed by atoms with Gasteiger partial charge in [0.1, 0.15) is 6.23 Å². The maximum Gasteiger partial charge on any atom is 0.137 e. The number of hydrogen-bond acceptors (Lipinski definition) is 3. The SMILES string of the molecule is NC1CC=CNO1. The molecule has 1 heterocycles. The van der Waals surface area contributed by atoms with Crippen molar-refractivity contribution in [1.29, 1.82) is 0 Å². The molecule has 0 radical (unpaired) electrons. The van der Waals surface area contributed by atoms with Crippen molar-refractivity contribution in [3.8, 4) is 0 Å². The van der Waals surface area contributed by atoms with Crippen LogP contribution >= 0.6 is 0 Å². The highest BCUT2D eigenvalue weighted by molar-refractivity contribution is 4.81. The van der Waals surface area contributed by atoms with E-state index in [2.05, 4.69) is 5.48 Å². The zero-order chi connectivity index (χ0) is 5.11. The van der Waals surface area contributed by atoms with Gasteiger partial charge in [0.2, 0.25) is 0 Å². The maximum absolute atomic E-state index is 5.30. The molecule has 7 heavy (non-hydrogen) atoms. The van der Waals surface area contributed by atoms with E-state index in [0.717, 1.165) is 6.42 Å². The Labute approximate surface area is 42.1 Å². The van der Waals surface area contributed by atoms with Crippen LogP contribution in [0.15, 0.2) is 12.3 Å². The van der Waals surface area contributed by atoms with Crippen LogP contribution in [0.5, 0.6) is 0 Å². The number of hydrogen-bond donors (Lipinski definition) is 2. The quantitative estimate of drug-likeness (QED) is 0.439. The fourth-order valence-electron chi connectivity index (χ4n) is 0.425. The van der Waals surface area contributed by atoms with Gasteiger partial charge in [-0.1, -0.05) is 6.08 Å². The summed E-state index contributed by atoms with van der Waals surface area (Å²) in [7, 11) is 0. The van der Waals surface area contributed by atoms with Gasteiger partial charge in [-0.15, -0.1) is 0 Å². The molecule has 1 unspecified atom stereocenters. The monoisotopic (exact) mass is 100 g/mol. The summed E-state index contributed by atoms with van der Waals surface area (Å²) in [6.45, 7) is 0. The highest BCUT2D eigenvalue weighted by atomic mass is 16.7. The third-order valence-corrected chi connectivity index (χ3v) is 0.774. The molecule has 0 saturated heterocycles. The molecule has 1 aliphatic rings. The Morgan fingerprint density at radius 1 is 1.86 bits per heavy atom. The van der Waals surface area contributed by atoms with Gasteiger partial charge in [0, 0.05) is 12.6 Å². The Balaban J connectivity index is 2.32. The fourth-order valence-corrected chi connectivity index (χ4v) is 0.425. The van der Waals surface area contributed by atoms with Crippen LogP contribution in [0.4, 0.5) is 0 Å². The average Bonchev–Trinajstić information content (AvgIpc) is 1.69. The third kappa shape index (κ3) is 1.17. The van der Waals surface area contributed by atoms with E-state index in [-0.39, 0.29) is 6.23 Å². The van der Waals surface area contributed by atoms with Gasteiger partial charge in [0.15, 0.2) is 0 Å². The van der Waals surface area contributed by atoms with Crippen LogP contribution < -0.4 is 11.2 Å². The van der Waals surface area contributed by atoms with Crippen molar-refractivity contribution in [3.05, 3.63) is 12.3 Å². The molecular formula is C4H8N2O. The van der Waals surface area contributed by atoms with E-state index in [1.54, 1.807) is 6.20 Å². The van der Waals surface area contributed by atoms with E-state index in [1.807, 2.05) is 6.08 Å². The molecule has 1 atom stereocenters. The predicted molar refractivity (Wildman–Crippen MR) is 26.0 cm³/mol. The summed E-state index contributed by atoms with van der Waals surface area (Å²) >= 11 is 0. The summed E-state index contributed by atoms with van der Waals surface area (Å²) < 4.78 is 0. The number of nitrogens with one attached hydrogen (secondary N) is 1. The lowest BCUT2D eigenvalue weighted by molar-refractivity contribution is -0.00432. The van der Waals surface area contributed by atoms with Crippen LogP contribution in [0.3, 0.4) is 0 Å². The average molecular weight is 100 g/mol. The van der Waals surface area contributed by atoms with Crippen LogP contribution in [0, 0.1) is 0 Å². The summed E-state index contributed by atoms with van der Waals surface area (Å²) in [4.78, 5) is 4.72. The van der Waals surface area contributed by atoms with E-state index >= 15 is 0 Å². The van der Waals surface area contributed by atoms with Crippen LogP contribution in [0.25, 0.3) is 0 Å². The van der Waals surface area contributed by atoms with Crippen LogP contribution in [0.2, 0.25) is 0 Å². The largest absolute Gasteiger partial charge is 0.304 e. The van der Waals surface area contributed by atoms with Crippen molar-refractivity contribution in [3.63, 3.8) is 0 Å². The van der Waals surface area contributed by atoms with E-state index in [9.17, 15) is 0 Å². The molecule has 3 N–H and O–H groups in total. The van der Waals surface area contributed by atoms with Gasteiger partial charge in [-0.25, -0.2) is 0 Å². The minimum Gasteiger partial charge on any atom is -0.304 e. The molecule has 0 fully saturated rings. The lowest BCUT2D eigenvalue weighted by Gasteiger charge is -2.12. The van der Waals surface area contributed by atoms with Crippen molar-refractivity contribution in [1.82, 2.24) is 5.48 Å². The predicted octanol–water partition coefficient (Wildman–Crippen LogP) is -0.290. The van der Waals surface area contributed by atoms with Crippen LogP contribution in [-0.2, 0) is 4.84 Å². The van der Waals surface area contributed by atoms with Crippen LogP contribution in [0.1, 0.15) is 6.42 Å². The van der Waals surface area contributed by atoms with Gasteiger partial charge < -0.3 is 5.73 Å². The molecule has 1 rings (SSSR count). The van der Waals surface area contributed by atoms with Gasteiger partial charge in [-0.05, 0) is 0 Å². The van der Waals surface area contributed by atoms with Crippen LogP contribution in [-0.4, -0.2) is 6.23 Å². The first-order valence-electron chi connectivity index (χ1n) is 2.21. The highest BCUT2D eigenvalue weighted by Crippen LogP contribution is 1.93. The Hall–Kier alpha value is -0.540. The Kier molecular flexibility index (Phi) is 1.29. The molecule has 0 aromatic carbocycles. The summed E-state index contributed by atoms with van der Waals surface area (Å²) in [5, 5.41) is 0. The van der Waals surface area contributed by atoms with Gasteiger partial charge >= 0.3 is 0 Å². The maximum atomic E-state index is 5.30. The Morgan fingerprint density at radius 3 is 3.00 bits per heavy atom. The standard InChI is InChI=1S/C4H8N2O/c5-4-2-1-3-6-7-4/h1,3-4,6H,2,5H2. The second-order valence-electron chi connectivity index (χ2n) is 1.41. The molecule has 0 amide bonds. The molecule has 0 saturated carbocycles. The molecule has 0 aromatic rings. The summed E-state index contributed by atoms with van der Waals surface area (Å²) in [6.07, 6.45) is 4.29. The molecule has 0 aromatic heterocycles. The molecule has 0 bridgehead atoms. The van der Waals surface area contributed by atoms with E-state index in [0.29, 0.717) is 0 Å². The summed E-state index contributed by atoms with van der Waals surface area (Å²) in [5.74, 6) is 0. The van der Waals surface area contributed by atoms with Crippen molar-refractivity contribution in [2.24, 2.45) is 5.73 Å². The molecule has 3 nitrogen and oxygen atoms in total. The van der Waals surface area contributed by atoms with Crippen molar-refractivity contribution < 1.29 is 4.84 Å². The molecule has 0 aliphatic carbocycles. The topological polar surface area (TPSA) is 47.3 Å². The molecule has 40 valence electrons. The first kappa shape index (κ1) is 4.61. The first-order valence-corrected chi connectivity index (χ1v) is 2.21. The Bertz CT molecular complexity index is 81.8. The molecule has 0 spiro atoms. The Morgan fingerprint density at radius 2 is 2.71 bits per heavy atom. The summed E-state index contributed by atoms with van der Waals surface area (Å²) in [5.41, 5.74) is 7.83. The number of hydroxylamine groups is 1. The second-order valence-corrected chi connectivity index (χ2v) is 1.41. The highest BCUT2D eigenvalue weighted by Gasteiger charge is 2.00. The van der Waals surface area contributed by atoms with E-state index < -0.39 is 0 Å². The smallest absolute Gasteiger partial charge is 0.137 e. The number of rotatable bonds is 0. The molecular weight excluding hydrogens is 92.1 g/mol. The zero-order valence-corrected chi connectivity index (χ0v) is 3.92. The number of nitrogens with two attached hydrogens (primary N) is 1. The normalized spacial score (nSPS) is 29.6. The van der Waals surface area contributed by atoms with Crippen molar-refractivity contribution in [2.75, 3.05) is 0 Å². The van der Waals surface area contributed by atoms with Gasteiger partial charge in [0.25, 0.3) is 0 Å².